The molecule has 0 saturated carbocycles. The number of nitrogens with zero attached hydrogens (tertiary/aromatic N) is 1. The SMILES string of the molecule is COc1ccc(C(=O)NCCCN2CCc3ccccc32)cc1. The average molecular weight is 310 g/mol. The van der Waals surface area contributed by atoms with E-state index in [4.69, 9.17) is 4.74 Å². The van der Waals surface area contributed by atoms with Crippen molar-refractivity contribution < 1.29 is 9.53 Å². The lowest BCUT2D eigenvalue weighted by atomic mass is 10.2. The van der Waals surface area contributed by atoms with Crippen LogP contribution in [-0.4, -0.2) is 32.7 Å². The largest absolute Gasteiger partial charge is 0.497 e. The van der Waals surface area contributed by atoms with Crippen LogP contribution in [0.15, 0.2) is 48.5 Å². The molecule has 0 radical (unpaired) electrons. The molecule has 0 spiro atoms. The molecule has 1 heterocycles. The summed E-state index contributed by atoms with van der Waals surface area (Å²) in [4.78, 5) is 14.5. The zero-order valence-corrected chi connectivity index (χ0v) is 13.4. The van der Waals surface area contributed by atoms with Crippen molar-refractivity contribution in [3.63, 3.8) is 0 Å². The third-order valence-corrected chi connectivity index (χ3v) is 4.23. The summed E-state index contributed by atoms with van der Waals surface area (Å²) in [6.45, 7) is 2.73. The van der Waals surface area contributed by atoms with Gasteiger partial charge in [0, 0.05) is 30.9 Å². The van der Waals surface area contributed by atoms with Crippen LogP contribution in [0.5, 0.6) is 5.75 Å². The molecular weight excluding hydrogens is 288 g/mol. The second-order valence-corrected chi connectivity index (χ2v) is 5.70. The fourth-order valence-corrected chi connectivity index (χ4v) is 2.96. The Balaban J connectivity index is 1.44. The maximum Gasteiger partial charge on any atom is 0.251 e. The van der Waals surface area contributed by atoms with E-state index in [2.05, 4.69) is 34.5 Å². The Bertz CT molecular complexity index is 667. The Hall–Kier alpha value is -2.49. The standard InChI is InChI=1S/C19H22N2O2/c1-23-17-9-7-16(8-10-17)19(22)20-12-4-13-21-14-11-15-5-2-3-6-18(15)21/h2-3,5-10H,4,11-14H2,1H3,(H,20,22). The molecule has 1 aliphatic heterocycles. The van der Waals surface area contributed by atoms with E-state index in [0.29, 0.717) is 12.1 Å². The monoisotopic (exact) mass is 310 g/mol. The summed E-state index contributed by atoms with van der Waals surface area (Å²) in [7, 11) is 1.62. The first kappa shape index (κ1) is 15.4. The maximum absolute atomic E-state index is 12.1. The Morgan fingerprint density at radius 3 is 2.74 bits per heavy atom. The van der Waals surface area contributed by atoms with E-state index in [9.17, 15) is 4.79 Å². The predicted octanol–water partition coefficient (Wildman–Crippen LogP) is 2.88. The average Bonchev–Trinajstić information content (AvgIpc) is 3.02. The number of hydrogen-bond acceptors (Lipinski definition) is 3. The van der Waals surface area contributed by atoms with Crippen molar-refractivity contribution >= 4 is 11.6 Å². The van der Waals surface area contributed by atoms with Crippen molar-refractivity contribution in [2.75, 3.05) is 31.6 Å². The third kappa shape index (κ3) is 3.65. The fraction of sp³-hybridized carbons (Fsp3) is 0.316. The van der Waals surface area contributed by atoms with E-state index < -0.39 is 0 Å². The molecule has 0 aliphatic carbocycles. The van der Waals surface area contributed by atoms with Crippen LogP contribution in [0.4, 0.5) is 5.69 Å². The van der Waals surface area contributed by atoms with E-state index in [1.165, 1.54) is 11.3 Å². The molecule has 120 valence electrons. The lowest BCUT2D eigenvalue weighted by Crippen LogP contribution is -2.29. The minimum atomic E-state index is -0.0329. The molecule has 1 N–H and O–H groups in total. The van der Waals surface area contributed by atoms with Gasteiger partial charge < -0.3 is 15.0 Å². The number of methoxy groups -OCH3 is 1. The molecule has 2 aromatic carbocycles. The van der Waals surface area contributed by atoms with E-state index in [1.807, 2.05) is 0 Å². The zero-order chi connectivity index (χ0) is 16.1. The van der Waals surface area contributed by atoms with Crippen molar-refractivity contribution in [3.8, 4) is 5.75 Å². The second-order valence-electron chi connectivity index (χ2n) is 5.70. The van der Waals surface area contributed by atoms with Gasteiger partial charge in [-0.05, 0) is 48.7 Å². The van der Waals surface area contributed by atoms with Gasteiger partial charge in [-0.2, -0.15) is 0 Å². The minimum Gasteiger partial charge on any atom is -0.497 e. The summed E-state index contributed by atoms with van der Waals surface area (Å²) in [5.74, 6) is 0.726. The lowest BCUT2D eigenvalue weighted by molar-refractivity contribution is 0.0953. The van der Waals surface area contributed by atoms with Crippen LogP contribution >= 0.6 is 0 Å². The summed E-state index contributed by atoms with van der Waals surface area (Å²) < 4.78 is 5.10. The summed E-state index contributed by atoms with van der Waals surface area (Å²) >= 11 is 0. The van der Waals surface area contributed by atoms with Crippen LogP contribution in [-0.2, 0) is 6.42 Å². The Morgan fingerprint density at radius 1 is 1.17 bits per heavy atom. The predicted molar refractivity (Wildman–Crippen MR) is 92.3 cm³/mol. The molecule has 23 heavy (non-hydrogen) atoms. The zero-order valence-electron chi connectivity index (χ0n) is 13.4. The van der Waals surface area contributed by atoms with Gasteiger partial charge in [0.05, 0.1) is 7.11 Å². The number of anilines is 1. The van der Waals surface area contributed by atoms with Crippen LogP contribution in [0.1, 0.15) is 22.3 Å². The number of carbonyl (C=O) groups excluding carboxylic acids is 1. The first-order valence-electron chi connectivity index (χ1n) is 8.03. The highest BCUT2D eigenvalue weighted by atomic mass is 16.5. The van der Waals surface area contributed by atoms with Gasteiger partial charge in [0.1, 0.15) is 5.75 Å². The van der Waals surface area contributed by atoms with E-state index >= 15 is 0 Å². The number of hydrogen-bond donors (Lipinski definition) is 1. The van der Waals surface area contributed by atoms with Crippen molar-refractivity contribution in [1.82, 2.24) is 5.32 Å². The fourth-order valence-electron chi connectivity index (χ4n) is 2.96. The highest BCUT2D eigenvalue weighted by Gasteiger charge is 2.17. The van der Waals surface area contributed by atoms with Gasteiger partial charge in [-0.25, -0.2) is 0 Å². The number of ether oxygens (including phenoxy) is 1. The van der Waals surface area contributed by atoms with E-state index in [-0.39, 0.29) is 5.91 Å². The normalized spacial score (nSPS) is 12.8. The first-order chi connectivity index (χ1) is 11.3. The van der Waals surface area contributed by atoms with Gasteiger partial charge in [0.2, 0.25) is 0 Å². The molecule has 0 unspecified atom stereocenters. The molecule has 0 atom stereocenters. The number of para-hydroxylation sites is 1. The molecular formula is C19H22N2O2. The molecule has 0 saturated heterocycles. The number of rotatable bonds is 6. The van der Waals surface area contributed by atoms with Crippen LogP contribution < -0.4 is 15.0 Å². The quantitative estimate of drug-likeness (QED) is 0.834. The molecule has 1 aliphatic rings. The third-order valence-electron chi connectivity index (χ3n) is 4.23. The number of amides is 1. The molecule has 0 bridgehead atoms. The van der Waals surface area contributed by atoms with Gasteiger partial charge in [-0.1, -0.05) is 18.2 Å². The summed E-state index contributed by atoms with van der Waals surface area (Å²) in [6, 6.07) is 15.7. The topological polar surface area (TPSA) is 41.6 Å². The van der Waals surface area contributed by atoms with Gasteiger partial charge in [-0.15, -0.1) is 0 Å². The Kier molecular flexibility index (Phi) is 4.81. The highest BCUT2D eigenvalue weighted by molar-refractivity contribution is 5.94. The van der Waals surface area contributed by atoms with Gasteiger partial charge in [0.15, 0.2) is 0 Å². The molecule has 3 rings (SSSR count). The molecule has 1 amide bonds. The van der Waals surface area contributed by atoms with Gasteiger partial charge >= 0.3 is 0 Å². The molecule has 2 aromatic rings. The molecule has 4 nitrogen and oxygen atoms in total. The van der Waals surface area contributed by atoms with Crippen molar-refractivity contribution in [1.29, 1.82) is 0 Å². The lowest BCUT2D eigenvalue weighted by Gasteiger charge is -2.19. The Morgan fingerprint density at radius 2 is 1.96 bits per heavy atom. The minimum absolute atomic E-state index is 0.0329. The smallest absolute Gasteiger partial charge is 0.251 e. The van der Waals surface area contributed by atoms with Gasteiger partial charge in [-0.3, -0.25) is 4.79 Å². The van der Waals surface area contributed by atoms with Crippen molar-refractivity contribution in [3.05, 3.63) is 59.7 Å². The van der Waals surface area contributed by atoms with Crippen LogP contribution in [0.3, 0.4) is 0 Å². The van der Waals surface area contributed by atoms with Crippen molar-refractivity contribution in [2.45, 2.75) is 12.8 Å². The molecule has 0 fully saturated rings. The highest BCUT2D eigenvalue weighted by Crippen LogP contribution is 2.27. The van der Waals surface area contributed by atoms with Gasteiger partial charge in [0.25, 0.3) is 5.91 Å². The van der Waals surface area contributed by atoms with Crippen LogP contribution in [0.2, 0.25) is 0 Å². The van der Waals surface area contributed by atoms with Crippen LogP contribution in [0, 0.1) is 0 Å². The summed E-state index contributed by atoms with van der Waals surface area (Å²) in [5, 5.41) is 2.98. The number of nitrogens with one attached hydrogen (secondary N) is 1. The molecule has 4 heteroatoms. The van der Waals surface area contributed by atoms with Crippen LogP contribution in [0.25, 0.3) is 0 Å². The number of benzene rings is 2. The maximum atomic E-state index is 12.1. The number of carbonyl (C=O) groups is 1. The molecule has 0 aromatic heterocycles. The van der Waals surface area contributed by atoms with E-state index in [1.54, 1.807) is 31.4 Å². The number of fused-ring (bicyclic) bond motifs is 1. The second kappa shape index (κ2) is 7.18. The van der Waals surface area contributed by atoms with E-state index in [0.717, 1.165) is 31.7 Å². The Labute approximate surface area is 137 Å². The first-order valence-corrected chi connectivity index (χ1v) is 8.03. The summed E-state index contributed by atoms with van der Waals surface area (Å²) in [5.41, 5.74) is 3.43. The van der Waals surface area contributed by atoms with Crippen molar-refractivity contribution in [2.24, 2.45) is 0 Å². The summed E-state index contributed by atoms with van der Waals surface area (Å²) in [6.07, 6.45) is 2.06.